The number of aromatic nitrogens is 1. The fourth-order valence-corrected chi connectivity index (χ4v) is 2.33. The normalized spacial score (nSPS) is 17.1. The summed E-state index contributed by atoms with van der Waals surface area (Å²) in [5.41, 5.74) is 2.12. The number of halogens is 2. The molecule has 0 aliphatic carbocycles. The first-order valence-corrected chi connectivity index (χ1v) is 6.56. The van der Waals surface area contributed by atoms with E-state index in [9.17, 15) is 8.78 Å². The van der Waals surface area contributed by atoms with Gasteiger partial charge in [-0.25, -0.2) is 19.6 Å². The van der Waals surface area contributed by atoms with Crippen LogP contribution in [0.3, 0.4) is 0 Å². The van der Waals surface area contributed by atoms with E-state index in [1.807, 2.05) is 0 Å². The molecular weight excluding hydrogens is 268 g/mol. The van der Waals surface area contributed by atoms with E-state index in [-0.39, 0.29) is 18.2 Å². The first kappa shape index (κ1) is 14.9. The van der Waals surface area contributed by atoms with Crippen molar-refractivity contribution in [1.82, 2.24) is 9.88 Å². The number of nitrogens with one attached hydrogen (secondary N) is 1. The predicted octanol–water partition coefficient (Wildman–Crippen LogP) is 0.150. The number of hydrogen-bond acceptors (Lipinski definition) is 6. The number of nitrogens with zero attached hydrogens (tertiary/aromatic N) is 3. The molecule has 0 spiro atoms. The molecule has 1 saturated heterocycles. The van der Waals surface area contributed by atoms with Gasteiger partial charge in [-0.1, -0.05) is 0 Å². The second-order valence-corrected chi connectivity index (χ2v) is 4.67. The maximum absolute atomic E-state index is 13.9. The summed E-state index contributed by atoms with van der Waals surface area (Å²) < 4.78 is 27.2. The molecule has 1 aromatic rings. The number of hydrazine groups is 1. The molecule has 2 heterocycles. The number of β-amino-alcohol motifs (C(OH)–C–C–N with tert-alkyl or cyclic N) is 1. The zero-order valence-electron chi connectivity index (χ0n) is 11.1. The van der Waals surface area contributed by atoms with E-state index in [1.165, 1.54) is 0 Å². The summed E-state index contributed by atoms with van der Waals surface area (Å²) in [4.78, 5) is 7.77. The number of rotatable bonds is 4. The van der Waals surface area contributed by atoms with Crippen molar-refractivity contribution in [2.45, 2.75) is 6.42 Å². The Morgan fingerprint density at radius 1 is 1.25 bits per heavy atom. The third kappa shape index (κ3) is 3.33. The van der Waals surface area contributed by atoms with Gasteiger partial charge >= 0.3 is 0 Å². The fraction of sp³-hybridized carbons (Fsp3) is 0.583. The third-order valence-electron chi connectivity index (χ3n) is 3.35. The third-order valence-corrected chi connectivity index (χ3v) is 3.35. The van der Waals surface area contributed by atoms with Crippen LogP contribution in [0.25, 0.3) is 0 Å². The van der Waals surface area contributed by atoms with Gasteiger partial charge in [-0.15, -0.1) is 0 Å². The van der Waals surface area contributed by atoms with Gasteiger partial charge in [0.1, 0.15) is 0 Å². The lowest BCUT2D eigenvalue weighted by Gasteiger charge is -2.23. The molecule has 4 N–H and O–H groups in total. The summed E-state index contributed by atoms with van der Waals surface area (Å²) in [6.07, 6.45) is 0.823. The van der Waals surface area contributed by atoms with Gasteiger partial charge in [0.25, 0.3) is 0 Å². The van der Waals surface area contributed by atoms with E-state index in [0.29, 0.717) is 26.2 Å². The Labute approximate surface area is 116 Å². The summed E-state index contributed by atoms with van der Waals surface area (Å²) in [5.74, 6) is 3.58. The first-order valence-electron chi connectivity index (χ1n) is 6.56. The van der Waals surface area contributed by atoms with Crippen LogP contribution in [0.4, 0.5) is 20.4 Å². The van der Waals surface area contributed by atoms with Crippen molar-refractivity contribution in [1.29, 1.82) is 0 Å². The number of nitrogen functional groups attached to an aromatic ring is 1. The average Bonchev–Trinajstić information content (AvgIpc) is 2.65. The maximum Gasteiger partial charge on any atom is 0.178 e. The van der Waals surface area contributed by atoms with E-state index >= 15 is 0 Å². The van der Waals surface area contributed by atoms with Gasteiger partial charge in [0.2, 0.25) is 0 Å². The molecule has 8 heteroatoms. The highest BCUT2D eigenvalue weighted by Gasteiger charge is 2.20. The van der Waals surface area contributed by atoms with Crippen molar-refractivity contribution in [3.8, 4) is 0 Å². The number of aliphatic hydroxyl groups excluding tert-OH is 1. The Kier molecular flexibility index (Phi) is 5.05. The molecule has 2 rings (SSSR count). The molecule has 1 aromatic heterocycles. The molecule has 1 aliphatic heterocycles. The minimum Gasteiger partial charge on any atom is -0.395 e. The second kappa shape index (κ2) is 6.78. The molecule has 0 aromatic carbocycles. The Hall–Kier alpha value is -1.51. The number of nitrogens with two attached hydrogens (primary N) is 1. The number of aliphatic hydroxyl groups is 1. The topological polar surface area (TPSA) is 77.7 Å². The summed E-state index contributed by atoms with van der Waals surface area (Å²) in [6.45, 7) is 3.43. The van der Waals surface area contributed by atoms with Gasteiger partial charge in [-0.05, 0) is 13.0 Å². The molecule has 0 saturated carbocycles. The smallest absolute Gasteiger partial charge is 0.178 e. The van der Waals surface area contributed by atoms with E-state index in [0.717, 1.165) is 19.0 Å². The van der Waals surface area contributed by atoms with Crippen molar-refractivity contribution >= 4 is 11.6 Å². The molecule has 0 atom stereocenters. The quantitative estimate of drug-likeness (QED) is 0.540. The zero-order valence-corrected chi connectivity index (χ0v) is 11.1. The van der Waals surface area contributed by atoms with Crippen molar-refractivity contribution in [2.24, 2.45) is 5.84 Å². The van der Waals surface area contributed by atoms with Crippen molar-refractivity contribution in [2.75, 3.05) is 49.7 Å². The Morgan fingerprint density at radius 2 is 2.05 bits per heavy atom. The lowest BCUT2D eigenvalue weighted by atomic mass is 10.3. The Morgan fingerprint density at radius 3 is 2.75 bits per heavy atom. The Balaban J connectivity index is 2.15. The van der Waals surface area contributed by atoms with E-state index in [1.54, 1.807) is 4.90 Å². The highest BCUT2D eigenvalue weighted by Crippen LogP contribution is 2.22. The fourth-order valence-electron chi connectivity index (χ4n) is 2.33. The summed E-state index contributed by atoms with van der Waals surface area (Å²) in [6, 6.07) is 0.786. The lowest BCUT2D eigenvalue weighted by Crippen LogP contribution is -2.33. The van der Waals surface area contributed by atoms with Crippen LogP contribution in [0.2, 0.25) is 0 Å². The number of pyridine rings is 1. The van der Waals surface area contributed by atoms with Gasteiger partial charge in [0.05, 0.1) is 6.61 Å². The van der Waals surface area contributed by atoms with Gasteiger partial charge in [-0.2, -0.15) is 0 Å². The molecule has 112 valence electrons. The highest BCUT2D eigenvalue weighted by molar-refractivity contribution is 5.48. The minimum absolute atomic E-state index is 0.102. The predicted molar refractivity (Wildman–Crippen MR) is 72.3 cm³/mol. The molecule has 0 unspecified atom stereocenters. The average molecular weight is 287 g/mol. The van der Waals surface area contributed by atoms with Gasteiger partial charge in [0, 0.05) is 32.2 Å². The molecular formula is C12H19F2N5O. The molecule has 0 radical (unpaired) electrons. The van der Waals surface area contributed by atoms with E-state index in [2.05, 4.69) is 15.3 Å². The second-order valence-electron chi connectivity index (χ2n) is 4.67. The SMILES string of the molecule is NNc1nc(N2CCCN(CCO)CC2)c(F)cc1F. The van der Waals surface area contributed by atoms with Crippen LogP contribution in [0.1, 0.15) is 6.42 Å². The molecule has 0 bridgehead atoms. The van der Waals surface area contributed by atoms with E-state index < -0.39 is 11.6 Å². The molecule has 0 amide bonds. The van der Waals surface area contributed by atoms with Gasteiger partial charge in [0.15, 0.2) is 23.3 Å². The summed E-state index contributed by atoms with van der Waals surface area (Å²) >= 11 is 0. The molecule has 20 heavy (non-hydrogen) atoms. The lowest BCUT2D eigenvalue weighted by molar-refractivity contribution is 0.204. The molecule has 1 aliphatic rings. The van der Waals surface area contributed by atoms with Gasteiger partial charge < -0.3 is 15.4 Å². The highest BCUT2D eigenvalue weighted by atomic mass is 19.1. The van der Waals surface area contributed by atoms with Crippen LogP contribution in [0.15, 0.2) is 6.07 Å². The number of anilines is 2. The maximum atomic E-state index is 13.9. The van der Waals surface area contributed by atoms with Crippen LogP contribution in [-0.4, -0.2) is 54.3 Å². The van der Waals surface area contributed by atoms with Crippen LogP contribution in [-0.2, 0) is 0 Å². The van der Waals surface area contributed by atoms with Crippen molar-refractivity contribution in [3.63, 3.8) is 0 Å². The van der Waals surface area contributed by atoms with E-state index in [4.69, 9.17) is 10.9 Å². The minimum atomic E-state index is -0.814. The van der Waals surface area contributed by atoms with Gasteiger partial charge in [-0.3, -0.25) is 4.90 Å². The van der Waals surface area contributed by atoms with Crippen LogP contribution in [0.5, 0.6) is 0 Å². The molecule has 6 nitrogen and oxygen atoms in total. The zero-order chi connectivity index (χ0) is 14.5. The number of hydrogen-bond donors (Lipinski definition) is 3. The largest absolute Gasteiger partial charge is 0.395 e. The molecule has 1 fully saturated rings. The Bertz CT molecular complexity index is 460. The standard InChI is InChI=1S/C12H19F2N5O/c13-9-8-10(14)12(16-11(9)17-15)19-3-1-2-18(4-5-19)6-7-20/h8,20H,1-7,15H2,(H,16,17). The first-order chi connectivity index (χ1) is 9.65. The van der Waals surface area contributed by atoms with Crippen molar-refractivity contribution < 1.29 is 13.9 Å². The summed E-state index contributed by atoms with van der Waals surface area (Å²) in [7, 11) is 0. The van der Waals surface area contributed by atoms with Crippen molar-refractivity contribution in [3.05, 3.63) is 17.7 Å². The summed E-state index contributed by atoms with van der Waals surface area (Å²) in [5, 5.41) is 8.94. The van der Waals surface area contributed by atoms with Crippen LogP contribution < -0.4 is 16.2 Å². The van der Waals surface area contributed by atoms with Crippen LogP contribution >= 0.6 is 0 Å². The van der Waals surface area contributed by atoms with Crippen LogP contribution in [0, 0.1) is 11.6 Å². The monoisotopic (exact) mass is 287 g/mol.